The van der Waals surface area contributed by atoms with Crippen molar-refractivity contribution in [2.45, 2.75) is 13.1 Å². The van der Waals surface area contributed by atoms with Crippen LogP contribution in [0.25, 0.3) is 33.7 Å². The predicted molar refractivity (Wildman–Crippen MR) is 178 cm³/mol. The molecule has 210 valence electrons. The van der Waals surface area contributed by atoms with E-state index in [0.717, 1.165) is 20.9 Å². The second kappa shape index (κ2) is 9.48. The number of hydrogen-bond acceptors (Lipinski definition) is 5. The second-order valence-electron chi connectivity index (χ2n) is 11.9. The summed E-state index contributed by atoms with van der Waals surface area (Å²) in [4.78, 5) is 53.7. The van der Waals surface area contributed by atoms with Crippen molar-refractivity contribution in [3.05, 3.63) is 141 Å². The van der Waals surface area contributed by atoms with Gasteiger partial charge in [-0.2, -0.15) is 0 Å². The van der Waals surface area contributed by atoms with Crippen LogP contribution in [0.15, 0.2) is 108 Å². The van der Waals surface area contributed by atoms with Gasteiger partial charge in [0.05, 0.1) is 11.1 Å². The molecule has 0 atom stereocenters. The highest BCUT2D eigenvalue weighted by Gasteiger charge is 2.38. The third-order valence-electron chi connectivity index (χ3n) is 9.02. The van der Waals surface area contributed by atoms with Gasteiger partial charge in [0.2, 0.25) is 0 Å². The molecule has 0 fully saturated rings. The summed E-state index contributed by atoms with van der Waals surface area (Å²) in [7, 11) is -2.10. The molecular formula is C38H24O4SSi. The number of Topliss-reactive ketones (excluding diaryl/α,β-unsaturated/α-hetero) is 4. The average molecular weight is 605 g/mol. The summed E-state index contributed by atoms with van der Waals surface area (Å²) in [6.45, 7) is 4.67. The van der Waals surface area contributed by atoms with Gasteiger partial charge in [-0.1, -0.05) is 98.0 Å². The molecule has 8 rings (SSSR count). The number of allylic oxidation sites excluding steroid dienone is 2. The fourth-order valence-electron chi connectivity index (χ4n) is 6.70. The Kier molecular flexibility index (Phi) is 5.72. The summed E-state index contributed by atoms with van der Waals surface area (Å²) in [6.07, 6.45) is 3.46. The fraction of sp³-hybridized carbons (Fsp3) is 0.0526. The van der Waals surface area contributed by atoms with Crippen LogP contribution in [0, 0.1) is 0 Å². The van der Waals surface area contributed by atoms with E-state index in [2.05, 4.69) is 43.4 Å². The first-order valence-electron chi connectivity index (χ1n) is 14.4. The van der Waals surface area contributed by atoms with E-state index in [1.54, 1.807) is 72.0 Å². The van der Waals surface area contributed by atoms with Gasteiger partial charge in [0, 0.05) is 32.0 Å². The fourth-order valence-corrected chi connectivity index (χ4v) is 10.8. The Labute approximate surface area is 259 Å². The lowest BCUT2D eigenvalue weighted by atomic mass is 10.0. The van der Waals surface area contributed by atoms with Gasteiger partial charge in [0.1, 0.15) is 8.07 Å². The van der Waals surface area contributed by atoms with E-state index < -0.39 is 8.07 Å². The third-order valence-corrected chi connectivity index (χ3v) is 13.6. The van der Waals surface area contributed by atoms with Gasteiger partial charge < -0.3 is 0 Å². The van der Waals surface area contributed by atoms with Crippen molar-refractivity contribution in [3.8, 4) is 21.6 Å². The Hall–Kier alpha value is -5.04. The highest BCUT2D eigenvalue weighted by atomic mass is 32.1. The molecule has 0 spiro atoms. The standard InChI is InChI=1S/C38H24O4SSi/c1-44(2)33-18-21(17-30-35(39)26-7-3-4-8-27(26)36(30)40)11-14-24(33)25-15-12-22(19-34(25)44)32-16-13-23(43-32)20-31-37(41)28-9-5-6-10-29(28)38(31)42/h3-20H,1-2H3. The first kappa shape index (κ1) is 26.6. The zero-order chi connectivity index (χ0) is 30.3. The predicted octanol–water partition coefficient (Wildman–Crippen LogP) is 7.14. The van der Waals surface area contributed by atoms with Crippen molar-refractivity contribution in [1.82, 2.24) is 0 Å². The molecule has 0 unspecified atom stereocenters. The van der Waals surface area contributed by atoms with E-state index in [-0.39, 0.29) is 34.3 Å². The van der Waals surface area contributed by atoms with Gasteiger partial charge in [0.25, 0.3) is 0 Å². The van der Waals surface area contributed by atoms with Gasteiger partial charge in [-0.3, -0.25) is 19.2 Å². The topological polar surface area (TPSA) is 68.3 Å². The molecule has 44 heavy (non-hydrogen) atoms. The van der Waals surface area contributed by atoms with Crippen LogP contribution in [0.2, 0.25) is 13.1 Å². The first-order chi connectivity index (χ1) is 21.2. The maximum Gasteiger partial charge on any atom is 0.197 e. The van der Waals surface area contributed by atoms with Crippen LogP contribution in [-0.2, 0) is 0 Å². The quantitative estimate of drug-likeness (QED) is 0.125. The minimum absolute atomic E-state index is 0.215. The molecule has 2 heterocycles. The third kappa shape index (κ3) is 3.81. The van der Waals surface area contributed by atoms with Crippen LogP contribution < -0.4 is 10.4 Å². The van der Waals surface area contributed by atoms with E-state index in [1.807, 2.05) is 18.2 Å². The minimum atomic E-state index is -2.10. The van der Waals surface area contributed by atoms with Crippen molar-refractivity contribution in [1.29, 1.82) is 0 Å². The SMILES string of the molecule is C[Si]1(C)c2cc(C=C3C(=O)c4ccccc4C3=O)ccc2-c2ccc(-c3ccc(C=C4C(=O)c5ccccc5C4=O)s3)cc21. The maximum atomic E-state index is 13.0. The molecule has 1 aliphatic heterocycles. The molecule has 0 saturated heterocycles. The molecule has 0 amide bonds. The Morgan fingerprint density at radius 2 is 1.02 bits per heavy atom. The van der Waals surface area contributed by atoms with Gasteiger partial charge >= 0.3 is 0 Å². The molecule has 0 radical (unpaired) electrons. The van der Waals surface area contributed by atoms with Crippen molar-refractivity contribution < 1.29 is 19.2 Å². The monoisotopic (exact) mass is 604 g/mol. The first-order valence-corrected chi connectivity index (χ1v) is 18.2. The Morgan fingerprint density at radius 3 is 1.59 bits per heavy atom. The zero-order valence-corrected chi connectivity index (χ0v) is 25.8. The number of carbonyl (C=O) groups excluding carboxylic acids is 4. The van der Waals surface area contributed by atoms with Gasteiger partial charge in [-0.15, -0.1) is 11.3 Å². The molecule has 6 heteroatoms. The minimum Gasteiger partial charge on any atom is -0.288 e. The van der Waals surface area contributed by atoms with Crippen LogP contribution in [0.4, 0.5) is 0 Å². The summed E-state index contributed by atoms with van der Waals surface area (Å²) in [5.41, 5.74) is 6.69. The molecule has 4 nitrogen and oxygen atoms in total. The lowest BCUT2D eigenvalue weighted by molar-refractivity contribution is 0.0975. The Morgan fingerprint density at radius 1 is 0.523 bits per heavy atom. The summed E-state index contributed by atoms with van der Waals surface area (Å²) in [6, 6.07) is 30.8. The molecular weight excluding hydrogens is 581 g/mol. The highest BCUT2D eigenvalue weighted by Crippen LogP contribution is 2.36. The van der Waals surface area contributed by atoms with Crippen molar-refractivity contribution in [3.63, 3.8) is 0 Å². The molecule has 0 N–H and O–H groups in total. The molecule has 3 aliphatic rings. The molecule has 2 aliphatic carbocycles. The van der Waals surface area contributed by atoms with Crippen molar-refractivity contribution in [2.75, 3.05) is 0 Å². The number of ketones is 4. The van der Waals surface area contributed by atoms with E-state index >= 15 is 0 Å². The average Bonchev–Trinajstić information content (AvgIpc) is 3.73. The van der Waals surface area contributed by atoms with Gasteiger partial charge in [0.15, 0.2) is 23.1 Å². The van der Waals surface area contributed by atoms with Gasteiger partial charge in [-0.05, 0) is 56.9 Å². The molecule has 0 saturated carbocycles. The summed E-state index contributed by atoms with van der Waals surface area (Å²) in [5, 5.41) is 2.61. The normalized spacial score (nSPS) is 15.8. The maximum absolute atomic E-state index is 13.0. The van der Waals surface area contributed by atoms with E-state index in [1.165, 1.54) is 21.5 Å². The summed E-state index contributed by atoms with van der Waals surface area (Å²) in [5.74, 6) is -0.866. The Bertz CT molecular complexity index is 2150. The van der Waals surface area contributed by atoms with Crippen LogP contribution >= 0.6 is 11.3 Å². The van der Waals surface area contributed by atoms with Crippen LogP contribution in [-0.4, -0.2) is 31.2 Å². The molecule has 5 aromatic rings. The van der Waals surface area contributed by atoms with Crippen molar-refractivity contribution in [2.24, 2.45) is 0 Å². The number of carbonyl (C=O) groups is 4. The molecule has 1 aromatic heterocycles. The summed E-state index contributed by atoms with van der Waals surface area (Å²) >= 11 is 1.56. The number of benzene rings is 4. The zero-order valence-electron chi connectivity index (χ0n) is 23.9. The number of fused-ring (bicyclic) bond motifs is 5. The largest absolute Gasteiger partial charge is 0.288 e. The van der Waals surface area contributed by atoms with Crippen LogP contribution in [0.1, 0.15) is 51.9 Å². The molecule has 0 bridgehead atoms. The van der Waals surface area contributed by atoms with Crippen molar-refractivity contribution >= 4 is 65.1 Å². The Balaban J connectivity index is 1.11. The van der Waals surface area contributed by atoms with E-state index in [0.29, 0.717) is 22.3 Å². The lowest BCUT2D eigenvalue weighted by Gasteiger charge is -2.19. The van der Waals surface area contributed by atoms with E-state index in [9.17, 15) is 19.2 Å². The van der Waals surface area contributed by atoms with Crippen LogP contribution in [0.3, 0.4) is 0 Å². The van der Waals surface area contributed by atoms with E-state index in [4.69, 9.17) is 0 Å². The number of hydrogen-bond donors (Lipinski definition) is 0. The smallest absolute Gasteiger partial charge is 0.197 e. The molecule has 4 aromatic carbocycles. The summed E-state index contributed by atoms with van der Waals surface area (Å²) < 4.78 is 0. The number of thiophene rings is 1. The number of rotatable bonds is 3. The van der Waals surface area contributed by atoms with Gasteiger partial charge in [-0.25, -0.2) is 0 Å². The highest BCUT2D eigenvalue weighted by molar-refractivity contribution is 7.16. The lowest BCUT2D eigenvalue weighted by Crippen LogP contribution is -2.49. The van der Waals surface area contributed by atoms with Crippen LogP contribution in [0.5, 0.6) is 0 Å². The second-order valence-corrected chi connectivity index (χ2v) is 17.4.